The van der Waals surface area contributed by atoms with Gasteiger partial charge >= 0.3 is 0 Å². The second-order valence-corrected chi connectivity index (χ2v) is 4.39. The van der Waals surface area contributed by atoms with Gasteiger partial charge in [0.1, 0.15) is 0 Å². The highest BCUT2D eigenvalue weighted by atomic mass is 19.1. The van der Waals surface area contributed by atoms with Crippen LogP contribution in [0.1, 0.15) is 24.8 Å². The fourth-order valence-corrected chi connectivity index (χ4v) is 1.97. The zero-order chi connectivity index (χ0) is 12.6. The highest BCUT2D eigenvalue weighted by Crippen LogP contribution is 2.16. The van der Waals surface area contributed by atoms with Crippen LogP contribution < -0.4 is 0 Å². The fourth-order valence-electron chi connectivity index (χ4n) is 1.97. The third kappa shape index (κ3) is 4.59. The van der Waals surface area contributed by atoms with Gasteiger partial charge in [-0.3, -0.25) is 0 Å². The van der Waals surface area contributed by atoms with Gasteiger partial charge in [-0.1, -0.05) is 36.4 Å². The van der Waals surface area contributed by atoms with Crippen molar-refractivity contribution in [2.24, 2.45) is 0 Å². The Bertz CT molecular complexity index is 369. The number of aryl methyl sites for hydroxylation is 1. The highest BCUT2D eigenvalue weighted by Gasteiger charge is 2.15. The number of halogens is 1. The van der Waals surface area contributed by atoms with E-state index in [0.29, 0.717) is 26.1 Å². The van der Waals surface area contributed by atoms with Crippen LogP contribution in [0.15, 0.2) is 42.2 Å². The maximum Gasteiger partial charge on any atom is 0.158 e. The van der Waals surface area contributed by atoms with E-state index >= 15 is 0 Å². The molecule has 0 spiro atoms. The lowest BCUT2D eigenvalue weighted by molar-refractivity contribution is -0.0469. The Morgan fingerprint density at radius 2 is 1.94 bits per heavy atom. The van der Waals surface area contributed by atoms with E-state index in [1.165, 1.54) is 5.56 Å². The van der Waals surface area contributed by atoms with E-state index in [1.807, 2.05) is 18.2 Å². The minimum absolute atomic E-state index is 0.0648. The largest absolute Gasteiger partial charge is 0.350 e. The van der Waals surface area contributed by atoms with Crippen LogP contribution in [-0.2, 0) is 15.9 Å². The summed E-state index contributed by atoms with van der Waals surface area (Å²) in [6.45, 7) is 1.26. The van der Waals surface area contributed by atoms with Gasteiger partial charge in [-0.2, -0.15) is 0 Å². The molecule has 0 aliphatic carbocycles. The van der Waals surface area contributed by atoms with Gasteiger partial charge in [-0.25, -0.2) is 4.39 Å². The summed E-state index contributed by atoms with van der Waals surface area (Å²) in [6, 6.07) is 10.1. The van der Waals surface area contributed by atoms with Crippen LogP contribution in [0, 0.1) is 0 Å². The van der Waals surface area contributed by atoms with Crippen molar-refractivity contribution in [3.63, 3.8) is 0 Å². The van der Waals surface area contributed by atoms with E-state index in [4.69, 9.17) is 9.47 Å². The van der Waals surface area contributed by atoms with Crippen LogP contribution in [0.25, 0.3) is 0 Å². The van der Waals surface area contributed by atoms with Gasteiger partial charge in [0, 0.05) is 12.8 Å². The fraction of sp³-hybridized carbons (Fsp3) is 0.467. The zero-order valence-electron chi connectivity index (χ0n) is 10.5. The first-order valence-corrected chi connectivity index (χ1v) is 6.46. The van der Waals surface area contributed by atoms with Gasteiger partial charge in [0.05, 0.1) is 19.0 Å². The molecule has 3 heteroatoms. The minimum Gasteiger partial charge on any atom is -0.350 e. The van der Waals surface area contributed by atoms with E-state index in [1.54, 1.807) is 6.08 Å². The maximum atomic E-state index is 13.5. The molecule has 1 fully saturated rings. The molecule has 1 aromatic rings. The van der Waals surface area contributed by atoms with E-state index in [0.717, 1.165) is 12.8 Å². The van der Waals surface area contributed by atoms with E-state index < -0.39 is 0 Å². The van der Waals surface area contributed by atoms with Crippen molar-refractivity contribution >= 4 is 0 Å². The van der Waals surface area contributed by atoms with Crippen LogP contribution >= 0.6 is 0 Å². The summed E-state index contributed by atoms with van der Waals surface area (Å²) in [5, 5.41) is 0. The van der Waals surface area contributed by atoms with Crippen molar-refractivity contribution in [3.8, 4) is 0 Å². The molecule has 2 rings (SSSR count). The topological polar surface area (TPSA) is 18.5 Å². The number of hydrogen-bond acceptors (Lipinski definition) is 2. The Kier molecular flexibility index (Phi) is 5.36. The summed E-state index contributed by atoms with van der Waals surface area (Å²) in [4.78, 5) is 0. The summed E-state index contributed by atoms with van der Waals surface area (Å²) in [5.74, 6) is -0.0648. The summed E-state index contributed by atoms with van der Waals surface area (Å²) < 4.78 is 24.0. The molecule has 1 aliphatic heterocycles. The molecular weight excluding hydrogens is 231 g/mol. The average Bonchev–Trinajstić information content (AvgIpc) is 2.91. The van der Waals surface area contributed by atoms with Crippen molar-refractivity contribution < 1.29 is 13.9 Å². The number of hydrogen-bond donors (Lipinski definition) is 0. The molecule has 18 heavy (non-hydrogen) atoms. The lowest BCUT2D eigenvalue weighted by Gasteiger charge is -2.07. The SMILES string of the molecule is F/C(=C\CCc1ccccc1)CCC1OCCO1. The molecule has 0 aromatic heterocycles. The van der Waals surface area contributed by atoms with Crippen LogP contribution in [0.4, 0.5) is 4.39 Å². The summed E-state index contributed by atoms with van der Waals surface area (Å²) >= 11 is 0. The van der Waals surface area contributed by atoms with Gasteiger partial charge in [0.15, 0.2) is 6.29 Å². The monoisotopic (exact) mass is 250 g/mol. The van der Waals surface area contributed by atoms with Crippen molar-refractivity contribution in [2.45, 2.75) is 32.0 Å². The van der Waals surface area contributed by atoms with Crippen molar-refractivity contribution in [2.75, 3.05) is 13.2 Å². The minimum atomic E-state index is -0.210. The predicted molar refractivity (Wildman–Crippen MR) is 68.9 cm³/mol. The standard InChI is InChI=1S/C15H19FO2/c16-14(9-10-15-17-11-12-18-15)8-4-7-13-5-2-1-3-6-13/h1-3,5-6,8,15H,4,7,9-12H2/b14-8-. The lowest BCUT2D eigenvalue weighted by Crippen LogP contribution is -2.06. The molecular formula is C15H19FO2. The van der Waals surface area contributed by atoms with E-state index in [9.17, 15) is 4.39 Å². The molecule has 0 atom stereocenters. The first-order valence-electron chi connectivity index (χ1n) is 6.46. The lowest BCUT2D eigenvalue weighted by atomic mass is 10.1. The van der Waals surface area contributed by atoms with Gasteiger partial charge in [0.25, 0.3) is 0 Å². The van der Waals surface area contributed by atoms with E-state index in [-0.39, 0.29) is 12.1 Å². The molecule has 0 radical (unpaired) electrons. The summed E-state index contributed by atoms with van der Waals surface area (Å²) in [5.41, 5.74) is 1.24. The van der Waals surface area contributed by atoms with E-state index in [2.05, 4.69) is 12.1 Å². The van der Waals surface area contributed by atoms with Gasteiger partial charge in [-0.05, 0) is 18.4 Å². The molecule has 2 nitrogen and oxygen atoms in total. The third-order valence-corrected chi connectivity index (χ3v) is 2.95. The Balaban J connectivity index is 1.65. The Morgan fingerprint density at radius 1 is 1.22 bits per heavy atom. The number of rotatable bonds is 6. The number of benzene rings is 1. The predicted octanol–water partition coefficient (Wildman–Crippen LogP) is 3.63. The normalized spacial score (nSPS) is 17.3. The molecule has 1 heterocycles. The average molecular weight is 250 g/mol. The molecule has 0 amide bonds. The van der Waals surface area contributed by atoms with Crippen LogP contribution in [0.5, 0.6) is 0 Å². The van der Waals surface area contributed by atoms with Crippen LogP contribution in [0.3, 0.4) is 0 Å². The quantitative estimate of drug-likeness (QED) is 0.767. The molecule has 0 unspecified atom stereocenters. The smallest absolute Gasteiger partial charge is 0.158 e. The molecule has 0 N–H and O–H groups in total. The van der Waals surface area contributed by atoms with Crippen molar-refractivity contribution in [1.29, 1.82) is 0 Å². The molecule has 0 bridgehead atoms. The third-order valence-electron chi connectivity index (χ3n) is 2.95. The Labute approximate surface area is 107 Å². The van der Waals surface area contributed by atoms with Crippen LogP contribution in [0.2, 0.25) is 0 Å². The zero-order valence-corrected chi connectivity index (χ0v) is 10.5. The van der Waals surface area contributed by atoms with Gasteiger partial charge < -0.3 is 9.47 Å². The highest BCUT2D eigenvalue weighted by molar-refractivity contribution is 5.15. The van der Waals surface area contributed by atoms with Crippen molar-refractivity contribution in [1.82, 2.24) is 0 Å². The van der Waals surface area contributed by atoms with Gasteiger partial charge in [0.2, 0.25) is 0 Å². The number of allylic oxidation sites excluding steroid dienone is 2. The molecule has 0 saturated carbocycles. The van der Waals surface area contributed by atoms with Crippen molar-refractivity contribution in [3.05, 3.63) is 47.8 Å². The molecule has 98 valence electrons. The van der Waals surface area contributed by atoms with Gasteiger partial charge in [-0.15, -0.1) is 0 Å². The Morgan fingerprint density at radius 3 is 2.67 bits per heavy atom. The molecule has 1 aliphatic rings. The second-order valence-electron chi connectivity index (χ2n) is 4.39. The van der Waals surface area contributed by atoms with Crippen LogP contribution in [-0.4, -0.2) is 19.5 Å². The number of ether oxygens (including phenoxy) is 2. The summed E-state index contributed by atoms with van der Waals surface area (Å²) in [6.07, 6.45) is 4.08. The maximum absolute atomic E-state index is 13.5. The first-order chi connectivity index (χ1) is 8.84. The first kappa shape index (κ1) is 13.2. The second kappa shape index (κ2) is 7.29. The molecule has 1 aromatic carbocycles. The molecule has 1 saturated heterocycles. The Hall–Kier alpha value is -1.19. The summed E-state index contributed by atoms with van der Waals surface area (Å²) in [7, 11) is 0.